The molecule has 7 heteroatoms. The Bertz CT molecular complexity index is 1010. The summed E-state index contributed by atoms with van der Waals surface area (Å²) in [5, 5.41) is 0.793. The topological polar surface area (TPSA) is 56.5 Å². The predicted octanol–water partition coefficient (Wildman–Crippen LogP) is 5.10. The molecule has 1 aromatic carbocycles. The summed E-state index contributed by atoms with van der Waals surface area (Å²) >= 11 is 8.86. The van der Waals surface area contributed by atoms with Crippen LogP contribution in [0.15, 0.2) is 39.5 Å². The number of ether oxygens (including phenoxy) is 1. The lowest BCUT2D eigenvalue weighted by Crippen LogP contribution is -2.10. The third kappa shape index (κ3) is 4.50. The maximum Gasteiger partial charge on any atom is 0.336 e. The third-order valence-electron chi connectivity index (χ3n) is 4.00. The normalized spacial score (nSPS) is 11.0. The van der Waals surface area contributed by atoms with Crippen LogP contribution in [0.5, 0.6) is 0 Å². The molecule has 0 aliphatic rings. The lowest BCUT2D eigenvalue weighted by atomic mass is 10.0. The Morgan fingerprint density at radius 3 is 2.81 bits per heavy atom. The van der Waals surface area contributed by atoms with Crippen LogP contribution in [0.2, 0.25) is 4.34 Å². The van der Waals surface area contributed by atoms with Gasteiger partial charge in [0.25, 0.3) is 0 Å². The number of carbonyl (C=O) groups is 1. The number of thiophene rings is 1. The molecule has 0 spiro atoms. The van der Waals surface area contributed by atoms with Crippen molar-refractivity contribution in [2.45, 2.75) is 26.2 Å². The number of thioether (sulfide) groups is 1. The van der Waals surface area contributed by atoms with Crippen molar-refractivity contribution in [1.82, 2.24) is 0 Å². The number of hydrogen-bond donors (Lipinski definition) is 0. The summed E-state index contributed by atoms with van der Waals surface area (Å²) < 4.78 is 11.4. The molecule has 26 heavy (non-hydrogen) atoms. The van der Waals surface area contributed by atoms with Gasteiger partial charge in [0, 0.05) is 27.6 Å². The van der Waals surface area contributed by atoms with Gasteiger partial charge in [-0.2, -0.15) is 0 Å². The van der Waals surface area contributed by atoms with Gasteiger partial charge in [-0.3, -0.25) is 4.79 Å². The molecule has 0 N–H and O–H groups in total. The minimum absolute atomic E-state index is 0.0504. The summed E-state index contributed by atoms with van der Waals surface area (Å²) in [6, 6.07) is 9.02. The minimum Gasteiger partial charge on any atom is -0.460 e. The van der Waals surface area contributed by atoms with Crippen molar-refractivity contribution in [3.63, 3.8) is 0 Å². The number of esters is 1. The van der Waals surface area contributed by atoms with Crippen LogP contribution in [0.1, 0.15) is 21.6 Å². The molecular formula is C19H17ClO4S2. The molecule has 2 aromatic heterocycles. The summed E-state index contributed by atoms with van der Waals surface area (Å²) in [5.41, 5.74) is 2.72. The summed E-state index contributed by atoms with van der Waals surface area (Å²) in [4.78, 5) is 24.9. The van der Waals surface area contributed by atoms with Gasteiger partial charge in [0.15, 0.2) is 0 Å². The predicted molar refractivity (Wildman–Crippen MR) is 107 cm³/mol. The van der Waals surface area contributed by atoms with Crippen LogP contribution in [0, 0.1) is 13.8 Å². The van der Waals surface area contributed by atoms with Crippen molar-refractivity contribution in [1.29, 1.82) is 0 Å². The average molecular weight is 409 g/mol. The van der Waals surface area contributed by atoms with Crippen molar-refractivity contribution in [3.8, 4) is 0 Å². The van der Waals surface area contributed by atoms with Crippen LogP contribution in [0.4, 0.5) is 0 Å². The molecular weight excluding hydrogens is 392 g/mol. The third-order valence-corrected chi connectivity index (χ3v) is 6.37. The van der Waals surface area contributed by atoms with Crippen molar-refractivity contribution >= 4 is 51.6 Å². The molecule has 0 bridgehead atoms. The standard InChI is InChI=1S/C19H17ClO4S2/c1-11-3-5-15-13(7-17(21)24-19(15)12(11)2)8-23-18(22)10-25-9-14-4-6-16(20)26-14/h3-7H,8-10H2,1-2H3. The molecule has 0 unspecified atom stereocenters. The Morgan fingerprint density at radius 2 is 2.08 bits per heavy atom. The van der Waals surface area contributed by atoms with E-state index in [1.54, 1.807) is 0 Å². The maximum absolute atomic E-state index is 12.0. The summed E-state index contributed by atoms with van der Waals surface area (Å²) in [6.45, 7) is 3.91. The summed E-state index contributed by atoms with van der Waals surface area (Å²) in [6.07, 6.45) is 0. The highest BCUT2D eigenvalue weighted by atomic mass is 35.5. The van der Waals surface area contributed by atoms with Gasteiger partial charge in [-0.1, -0.05) is 23.7 Å². The first-order valence-electron chi connectivity index (χ1n) is 7.94. The van der Waals surface area contributed by atoms with E-state index in [0.717, 1.165) is 25.7 Å². The van der Waals surface area contributed by atoms with Crippen LogP contribution in [0.3, 0.4) is 0 Å². The van der Waals surface area contributed by atoms with Gasteiger partial charge in [0.2, 0.25) is 0 Å². The van der Waals surface area contributed by atoms with Gasteiger partial charge < -0.3 is 9.15 Å². The van der Waals surface area contributed by atoms with E-state index in [1.165, 1.54) is 29.2 Å². The van der Waals surface area contributed by atoms with Crippen LogP contribution >= 0.6 is 34.7 Å². The highest BCUT2D eigenvalue weighted by Gasteiger charge is 2.12. The molecule has 0 saturated carbocycles. The van der Waals surface area contributed by atoms with Gasteiger partial charge in [-0.25, -0.2) is 4.79 Å². The average Bonchev–Trinajstić information content (AvgIpc) is 3.01. The molecule has 4 nitrogen and oxygen atoms in total. The Kier molecular flexibility index (Phi) is 6.06. The summed E-state index contributed by atoms with van der Waals surface area (Å²) in [5.74, 6) is 0.637. The number of fused-ring (bicyclic) bond motifs is 1. The van der Waals surface area contributed by atoms with E-state index in [1.807, 2.05) is 38.1 Å². The molecule has 0 fully saturated rings. The van der Waals surface area contributed by atoms with Gasteiger partial charge in [-0.15, -0.1) is 23.1 Å². The molecule has 136 valence electrons. The quantitative estimate of drug-likeness (QED) is 0.419. The number of hydrogen-bond acceptors (Lipinski definition) is 6. The molecule has 0 atom stereocenters. The number of carbonyl (C=O) groups excluding carboxylic acids is 1. The Morgan fingerprint density at radius 1 is 1.27 bits per heavy atom. The lowest BCUT2D eigenvalue weighted by Gasteiger charge is -2.09. The fourth-order valence-corrected chi connectivity index (χ4v) is 4.53. The van der Waals surface area contributed by atoms with Crippen LogP contribution in [-0.2, 0) is 21.9 Å². The first-order chi connectivity index (χ1) is 12.4. The van der Waals surface area contributed by atoms with E-state index in [4.69, 9.17) is 20.8 Å². The Hall–Kier alpha value is -1.76. The second kappa shape index (κ2) is 8.29. The molecule has 0 amide bonds. The number of halogens is 1. The molecule has 0 aliphatic carbocycles. The van der Waals surface area contributed by atoms with Crippen molar-refractivity contribution in [3.05, 3.63) is 66.7 Å². The SMILES string of the molecule is Cc1ccc2c(COC(=O)CSCc3ccc(Cl)s3)cc(=O)oc2c1C. The molecule has 3 aromatic rings. The van der Waals surface area contributed by atoms with E-state index in [9.17, 15) is 9.59 Å². The second-order valence-corrected chi connectivity index (χ2v) is 8.62. The highest BCUT2D eigenvalue weighted by molar-refractivity contribution is 7.99. The maximum atomic E-state index is 12.0. The van der Waals surface area contributed by atoms with Gasteiger partial charge in [-0.05, 0) is 37.1 Å². The number of aryl methyl sites for hydroxylation is 2. The lowest BCUT2D eigenvalue weighted by molar-refractivity contribution is -0.141. The van der Waals surface area contributed by atoms with Gasteiger partial charge >= 0.3 is 11.6 Å². The smallest absolute Gasteiger partial charge is 0.336 e. The molecule has 0 radical (unpaired) electrons. The van der Waals surface area contributed by atoms with Crippen LogP contribution in [-0.4, -0.2) is 11.7 Å². The zero-order chi connectivity index (χ0) is 18.7. The molecule has 0 saturated heterocycles. The highest BCUT2D eigenvalue weighted by Crippen LogP contribution is 2.26. The molecule has 2 heterocycles. The number of benzene rings is 1. The first kappa shape index (κ1) is 19.0. The molecule has 3 rings (SSSR count). The summed E-state index contributed by atoms with van der Waals surface area (Å²) in [7, 11) is 0. The van der Waals surface area contributed by atoms with Crippen molar-refractivity contribution in [2.75, 3.05) is 5.75 Å². The minimum atomic E-state index is -0.443. The largest absolute Gasteiger partial charge is 0.460 e. The van der Waals surface area contributed by atoms with Gasteiger partial charge in [0.1, 0.15) is 12.2 Å². The van der Waals surface area contributed by atoms with E-state index in [2.05, 4.69) is 0 Å². The fourth-order valence-electron chi connectivity index (χ4n) is 2.51. The van der Waals surface area contributed by atoms with Crippen LogP contribution < -0.4 is 5.63 Å². The van der Waals surface area contributed by atoms with Crippen molar-refractivity contribution in [2.24, 2.45) is 0 Å². The zero-order valence-electron chi connectivity index (χ0n) is 14.3. The van der Waals surface area contributed by atoms with E-state index in [0.29, 0.717) is 16.9 Å². The first-order valence-corrected chi connectivity index (χ1v) is 10.3. The van der Waals surface area contributed by atoms with Crippen LogP contribution in [0.25, 0.3) is 11.0 Å². The second-order valence-electron chi connectivity index (χ2n) is 5.83. The fraction of sp³-hybridized carbons (Fsp3) is 0.263. The van der Waals surface area contributed by atoms with E-state index in [-0.39, 0.29) is 18.3 Å². The van der Waals surface area contributed by atoms with Crippen molar-refractivity contribution < 1.29 is 13.9 Å². The van der Waals surface area contributed by atoms with E-state index < -0.39 is 5.63 Å². The Balaban J connectivity index is 1.63. The monoisotopic (exact) mass is 408 g/mol. The van der Waals surface area contributed by atoms with E-state index >= 15 is 0 Å². The Labute approximate surface area is 164 Å². The zero-order valence-corrected chi connectivity index (χ0v) is 16.7. The molecule has 0 aliphatic heterocycles. The van der Waals surface area contributed by atoms with Gasteiger partial charge in [0.05, 0.1) is 10.1 Å². The number of rotatable bonds is 6.